The fourth-order valence-corrected chi connectivity index (χ4v) is 7.95. The molecule has 3 amide bonds. The maximum Gasteiger partial charge on any atom is 0.272 e. The van der Waals surface area contributed by atoms with Crippen molar-refractivity contribution in [3.63, 3.8) is 0 Å². The first-order chi connectivity index (χ1) is 23.1. The van der Waals surface area contributed by atoms with E-state index in [1.807, 2.05) is 55.5 Å². The van der Waals surface area contributed by atoms with Crippen molar-refractivity contribution in [2.75, 3.05) is 10.6 Å². The fourth-order valence-electron chi connectivity index (χ4n) is 5.57. The van der Waals surface area contributed by atoms with Crippen molar-refractivity contribution in [1.29, 1.82) is 5.26 Å². The van der Waals surface area contributed by atoms with Gasteiger partial charge in [-0.15, -0.1) is 23.1 Å². The fraction of sp³-hybridized carbons (Fsp3) is 0.282. The van der Waals surface area contributed by atoms with E-state index < -0.39 is 17.1 Å². The zero-order valence-electron chi connectivity index (χ0n) is 27.6. The first-order valence-corrected chi connectivity index (χ1v) is 18.0. The Labute approximate surface area is 290 Å². The van der Waals surface area contributed by atoms with Gasteiger partial charge >= 0.3 is 0 Å². The minimum atomic E-state index is -0.473. The SMILES string of the molecule is CCC(Sc1cccc(NC(=O)/C(=C\c2ccc(C(C)C)cc2)NC(=O)c2ccccc2)c1)C(=O)Nc1sc2c(c1C#N)CCC(C)C2. The van der Waals surface area contributed by atoms with Crippen LogP contribution >= 0.6 is 23.1 Å². The number of thiophene rings is 1. The summed E-state index contributed by atoms with van der Waals surface area (Å²) in [6.07, 6.45) is 5.09. The Morgan fingerprint density at radius 1 is 1.02 bits per heavy atom. The van der Waals surface area contributed by atoms with Crippen molar-refractivity contribution in [1.82, 2.24) is 5.32 Å². The number of anilines is 2. The Morgan fingerprint density at radius 2 is 1.77 bits per heavy atom. The van der Waals surface area contributed by atoms with E-state index >= 15 is 0 Å². The van der Waals surface area contributed by atoms with Gasteiger partial charge in [0.05, 0.1) is 10.8 Å². The zero-order chi connectivity index (χ0) is 34.2. The summed E-state index contributed by atoms with van der Waals surface area (Å²) in [6, 6.07) is 26.3. The van der Waals surface area contributed by atoms with Gasteiger partial charge in [-0.2, -0.15) is 5.26 Å². The van der Waals surface area contributed by atoms with Gasteiger partial charge in [0, 0.05) is 21.0 Å². The molecule has 0 bridgehead atoms. The third-order valence-corrected chi connectivity index (χ3v) is 10.9. The second kappa shape index (κ2) is 16.0. The Kier molecular flexibility index (Phi) is 11.5. The van der Waals surface area contributed by atoms with E-state index in [2.05, 4.69) is 42.8 Å². The number of fused-ring (bicyclic) bond motifs is 1. The van der Waals surface area contributed by atoms with Crippen LogP contribution in [0.3, 0.4) is 0 Å². The average molecular weight is 677 g/mol. The summed E-state index contributed by atoms with van der Waals surface area (Å²) in [4.78, 5) is 42.2. The van der Waals surface area contributed by atoms with Crippen LogP contribution in [0.5, 0.6) is 0 Å². The van der Waals surface area contributed by atoms with Gasteiger partial charge in [0.15, 0.2) is 0 Å². The molecule has 1 aliphatic rings. The number of nitrogens with one attached hydrogen (secondary N) is 3. The van der Waals surface area contributed by atoms with Crippen LogP contribution in [0, 0.1) is 17.2 Å². The molecule has 4 aromatic rings. The molecule has 9 heteroatoms. The van der Waals surface area contributed by atoms with Crippen molar-refractivity contribution in [2.45, 2.75) is 69.4 Å². The second-order valence-electron chi connectivity index (χ2n) is 12.4. The van der Waals surface area contributed by atoms with Gasteiger partial charge in [0.1, 0.15) is 16.8 Å². The van der Waals surface area contributed by atoms with E-state index in [1.54, 1.807) is 36.4 Å². The highest BCUT2D eigenvalue weighted by molar-refractivity contribution is 8.00. The number of nitrogens with zero attached hydrogens (tertiary/aromatic N) is 1. The molecule has 7 nitrogen and oxygen atoms in total. The molecule has 0 spiro atoms. The molecule has 0 aliphatic heterocycles. The Hall–Kier alpha value is -4.65. The lowest BCUT2D eigenvalue weighted by atomic mass is 9.88. The third-order valence-electron chi connectivity index (χ3n) is 8.34. The summed E-state index contributed by atoms with van der Waals surface area (Å²) in [5, 5.41) is 18.9. The predicted molar refractivity (Wildman–Crippen MR) is 196 cm³/mol. The lowest BCUT2D eigenvalue weighted by Crippen LogP contribution is -2.30. The van der Waals surface area contributed by atoms with Crippen molar-refractivity contribution in [2.24, 2.45) is 5.92 Å². The minimum absolute atomic E-state index is 0.103. The number of nitriles is 1. The van der Waals surface area contributed by atoms with E-state index in [0.29, 0.717) is 40.1 Å². The summed E-state index contributed by atoms with van der Waals surface area (Å²) in [5.41, 5.74) is 4.70. The Morgan fingerprint density at radius 3 is 2.46 bits per heavy atom. The highest BCUT2D eigenvalue weighted by Crippen LogP contribution is 2.40. The number of benzene rings is 3. The number of amides is 3. The average Bonchev–Trinajstić information content (AvgIpc) is 3.43. The molecule has 3 N–H and O–H groups in total. The minimum Gasteiger partial charge on any atom is -0.321 e. The lowest BCUT2D eigenvalue weighted by Gasteiger charge is -2.17. The molecule has 48 heavy (non-hydrogen) atoms. The molecule has 246 valence electrons. The van der Waals surface area contributed by atoms with Crippen molar-refractivity contribution in [3.05, 3.63) is 117 Å². The van der Waals surface area contributed by atoms with E-state index in [9.17, 15) is 19.6 Å². The Balaban J connectivity index is 1.31. The molecule has 1 aliphatic carbocycles. The van der Waals surface area contributed by atoms with Crippen molar-refractivity contribution in [3.8, 4) is 6.07 Å². The molecule has 0 fully saturated rings. The van der Waals surface area contributed by atoms with Crippen LogP contribution in [0.2, 0.25) is 0 Å². The second-order valence-corrected chi connectivity index (χ2v) is 14.7. The summed E-state index contributed by atoms with van der Waals surface area (Å²) in [7, 11) is 0. The maximum absolute atomic E-state index is 13.6. The molecular formula is C39H40N4O3S2. The van der Waals surface area contributed by atoms with Gasteiger partial charge < -0.3 is 16.0 Å². The van der Waals surface area contributed by atoms with Gasteiger partial charge in [-0.05, 0) is 90.6 Å². The topological polar surface area (TPSA) is 111 Å². The highest BCUT2D eigenvalue weighted by atomic mass is 32.2. The number of carbonyl (C=O) groups excluding carboxylic acids is 3. The lowest BCUT2D eigenvalue weighted by molar-refractivity contribution is -0.116. The van der Waals surface area contributed by atoms with Crippen LogP contribution in [-0.4, -0.2) is 23.0 Å². The van der Waals surface area contributed by atoms with Crippen molar-refractivity contribution >= 4 is 57.6 Å². The van der Waals surface area contributed by atoms with Gasteiger partial charge in [-0.3, -0.25) is 14.4 Å². The molecule has 2 unspecified atom stereocenters. The molecule has 2 atom stereocenters. The molecule has 0 saturated carbocycles. The van der Waals surface area contributed by atoms with E-state index in [0.717, 1.165) is 35.3 Å². The third kappa shape index (κ3) is 8.62. The van der Waals surface area contributed by atoms with E-state index in [4.69, 9.17) is 0 Å². The van der Waals surface area contributed by atoms with E-state index in [1.165, 1.54) is 33.5 Å². The maximum atomic E-state index is 13.6. The number of hydrogen-bond donors (Lipinski definition) is 3. The summed E-state index contributed by atoms with van der Waals surface area (Å²) in [6.45, 7) is 8.41. The quantitative estimate of drug-likeness (QED) is 0.109. The van der Waals surface area contributed by atoms with Crippen LogP contribution < -0.4 is 16.0 Å². The summed E-state index contributed by atoms with van der Waals surface area (Å²) >= 11 is 2.93. The predicted octanol–water partition coefficient (Wildman–Crippen LogP) is 8.79. The van der Waals surface area contributed by atoms with Gasteiger partial charge in [0.2, 0.25) is 5.91 Å². The number of carbonyl (C=O) groups is 3. The van der Waals surface area contributed by atoms with Crippen LogP contribution in [0.15, 0.2) is 89.5 Å². The standard InChI is InChI=1S/C39H40N4O3S2/c1-5-34(38(46)43-39-32(23-40)31-19-14-25(4)20-35(31)48-39)47-30-13-9-12-29(22-30)41-37(45)33(42-36(44)28-10-7-6-8-11-28)21-26-15-17-27(18-16-26)24(2)3/h6-13,15-18,21-22,24-25,34H,5,14,19-20H2,1-4H3,(H,41,45)(H,42,44)(H,43,46)/b33-21+. The van der Waals surface area contributed by atoms with Crippen LogP contribution in [0.1, 0.15) is 83.9 Å². The van der Waals surface area contributed by atoms with Crippen LogP contribution in [0.25, 0.3) is 6.08 Å². The van der Waals surface area contributed by atoms with Gasteiger partial charge in [-0.1, -0.05) is 76.2 Å². The van der Waals surface area contributed by atoms with Gasteiger partial charge in [0.25, 0.3) is 11.8 Å². The first kappa shape index (κ1) is 34.7. The molecule has 5 rings (SSSR count). The van der Waals surface area contributed by atoms with Gasteiger partial charge in [-0.25, -0.2) is 0 Å². The number of thioether (sulfide) groups is 1. The van der Waals surface area contributed by atoms with E-state index in [-0.39, 0.29) is 11.6 Å². The van der Waals surface area contributed by atoms with Crippen LogP contribution in [0.4, 0.5) is 10.7 Å². The van der Waals surface area contributed by atoms with Crippen molar-refractivity contribution < 1.29 is 14.4 Å². The molecule has 0 radical (unpaired) electrons. The molecule has 1 heterocycles. The molecular weight excluding hydrogens is 637 g/mol. The smallest absolute Gasteiger partial charge is 0.272 e. The summed E-state index contributed by atoms with van der Waals surface area (Å²) in [5.74, 6) is -0.0814. The number of hydrogen-bond acceptors (Lipinski definition) is 6. The highest BCUT2D eigenvalue weighted by Gasteiger charge is 2.27. The van der Waals surface area contributed by atoms with Crippen LogP contribution in [-0.2, 0) is 22.4 Å². The number of rotatable bonds is 11. The molecule has 1 aromatic heterocycles. The molecule has 3 aromatic carbocycles. The normalized spacial score (nSPS) is 14.8. The largest absolute Gasteiger partial charge is 0.321 e. The Bertz CT molecular complexity index is 1860. The molecule has 0 saturated heterocycles. The monoisotopic (exact) mass is 676 g/mol. The summed E-state index contributed by atoms with van der Waals surface area (Å²) < 4.78 is 0. The first-order valence-electron chi connectivity index (χ1n) is 16.3. The zero-order valence-corrected chi connectivity index (χ0v) is 29.3.